The molecule has 1 aliphatic rings. The molecule has 1 fully saturated rings. The van der Waals surface area contributed by atoms with Crippen LogP contribution in [0, 0.1) is 11.3 Å². The van der Waals surface area contributed by atoms with Gasteiger partial charge in [-0.2, -0.15) is 5.26 Å². The van der Waals surface area contributed by atoms with E-state index in [1.54, 1.807) is 62.3 Å². The van der Waals surface area contributed by atoms with E-state index in [1.165, 1.54) is 36.1 Å². The molecule has 5 rings (SSSR count). The van der Waals surface area contributed by atoms with Crippen molar-refractivity contribution in [1.29, 1.82) is 5.26 Å². The number of nitrogens with zero attached hydrogens (tertiary/aromatic N) is 3. The van der Waals surface area contributed by atoms with Crippen molar-refractivity contribution in [3.63, 3.8) is 0 Å². The SMILES string of the molecule is CCC(C(=O)Nc1c(CCC=O)cc(C(=O)O)c(NC(=O)C2(N(C)C)CC2)c1OCc1ccccc1)n1cc(OC)c(-c2cc(Cl)ccc2C#N)cc1=O. The van der Waals surface area contributed by atoms with Gasteiger partial charge in [0.15, 0.2) is 5.75 Å². The number of amides is 2. The van der Waals surface area contributed by atoms with Crippen LogP contribution in [0.3, 0.4) is 0 Å². The van der Waals surface area contributed by atoms with E-state index in [0.717, 1.165) is 5.56 Å². The summed E-state index contributed by atoms with van der Waals surface area (Å²) in [6.07, 6.45) is 3.29. The number of nitrogens with one attached hydrogen (secondary N) is 2. The minimum atomic E-state index is -1.36. The summed E-state index contributed by atoms with van der Waals surface area (Å²) >= 11 is 6.23. The highest BCUT2D eigenvalue weighted by atomic mass is 35.5. The van der Waals surface area contributed by atoms with Crippen molar-refractivity contribution >= 4 is 47.0 Å². The number of carbonyl (C=O) groups is 4. The zero-order chi connectivity index (χ0) is 39.2. The molecule has 0 spiro atoms. The lowest BCUT2D eigenvalue weighted by atomic mass is 9.99. The second-order valence-corrected chi connectivity index (χ2v) is 13.5. The Hall–Kier alpha value is -5.97. The number of hydrogen-bond donors (Lipinski definition) is 3. The van der Waals surface area contributed by atoms with Gasteiger partial charge in [-0.1, -0.05) is 48.9 Å². The first-order chi connectivity index (χ1) is 25.9. The summed E-state index contributed by atoms with van der Waals surface area (Å²) in [5.41, 5.74) is 0.0824. The second-order valence-electron chi connectivity index (χ2n) is 13.0. The van der Waals surface area contributed by atoms with Crippen LogP contribution in [0.4, 0.5) is 11.4 Å². The number of halogens is 1. The van der Waals surface area contributed by atoms with Gasteiger partial charge in [-0.05, 0) is 75.2 Å². The Kier molecular flexibility index (Phi) is 12.2. The summed E-state index contributed by atoms with van der Waals surface area (Å²) in [6.45, 7) is 1.64. The number of carboxylic acid groups (broad SMARTS) is 1. The van der Waals surface area contributed by atoms with Crippen LogP contribution in [0.25, 0.3) is 11.1 Å². The fraction of sp³-hybridized carbons (Fsp3) is 0.300. The molecule has 0 saturated heterocycles. The first kappa shape index (κ1) is 39.2. The molecular weight excluding hydrogens is 714 g/mol. The van der Waals surface area contributed by atoms with E-state index in [4.69, 9.17) is 21.1 Å². The fourth-order valence-electron chi connectivity index (χ4n) is 6.35. The monoisotopic (exact) mass is 753 g/mol. The summed E-state index contributed by atoms with van der Waals surface area (Å²) in [4.78, 5) is 67.9. The molecule has 1 unspecified atom stereocenters. The molecule has 0 bridgehead atoms. The topological polar surface area (TPSA) is 180 Å². The molecule has 0 aliphatic heterocycles. The molecule has 280 valence electrons. The third-order valence-corrected chi connectivity index (χ3v) is 9.76. The Bertz CT molecular complexity index is 2190. The van der Waals surface area contributed by atoms with E-state index >= 15 is 0 Å². The number of rotatable bonds is 16. The lowest BCUT2D eigenvalue weighted by molar-refractivity contribution is -0.122. The summed E-state index contributed by atoms with van der Waals surface area (Å²) in [5, 5.41) is 26.1. The molecule has 3 aromatic carbocycles. The Morgan fingerprint density at radius 3 is 2.39 bits per heavy atom. The van der Waals surface area contributed by atoms with Crippen molar-refractivity contribution in [2.45, 2.75) is 57.2 Å². The zero-order valence-corrected chi connectivity index (χ0v) is 31.0. The minimum absolute atomic E-state index is 0.0149. The lowest BCUT2D eigenvalue weighted by Crippen LogP contribution is -2.42. The maximum absolute atomic E-state index is 14.4. The van der Waals surface area contributed by atoms with Crippen molar-refractivity contribution in [2.75, 3.05) is 31.8 Å². The summed E-state index contributed by atoms with van der Waals surface area (Å²) < 4.78 is 13.1. The van der Waals surface area contributed by atoms with Crippen molar-refractivity contribution in [3.8, 4) is 28.7 Å². The molecular formula is C40H40ClN5O8. The quantitative estimate of drug-likeness (QED) is 0.114. The van der Waals surface area contributed by atoms with E-state index in [1.807, 2.05) is 6.07 Å². The maximum atomic E-state index is 14.4. The van der Waals surface area contributed by atoms with E-state index < -0.39 is 34.9 Å². The molecule has 1 aromatic heterocycles. The van der Waals surface area contributed by atoms with E-state index in [0.29, 0.717) is 35.3 Å². The van der Waals surface area contributed by atoms with Crippen LogP contribution in [-0.4, -0.2) is 65.4 Å². The normalized spacial score (nSPS) is 13.4. The number of aromatic carboxylic acids is 1. The fourth-order valence-corrected chi connectivity index (χ4v) is 6.52. The zero-order valence-electron chi connectivity index (χ0n) is 30.3. The number of pyridine rings is 1. The number of benzene rings is 3. The molecule has 1 atom stereocenters. The molecule has 54 heavy (non-hydrogen) atoms. The number of aromatic nitrogens is 1. The lowest BCUT2D eigenvalue weighted by Gasteiger charge is -2.27. The molecule has 4 aromatic rings. The van der Waals surface area contributed by atoms with Gasteiger partial charge in [0.1, 0.15) is 35.9 Å². The highest BCUT2D eigenvalue weighted by molar-refractivity contribution is 6.31. The molecule has 1 saturated carbocycles. The van der Waals surface area contributed by atoms with Crippen molar-refractivity contribution in [3.05, 3.63) is 104 Å². The highest BCUT2D eigenvalue weighted by Gasteiger charge is 2.52. The Morgan fingerprint density at radius 2 is 1.80 bits per heavy atom. The van der Waals surface area contributed by atoms with Gasteiger partial charge in [0.2, 0.25) is 11.8 Å². The number of aldehydes is 1. The predicted molar refractivity (Wildman–Crippen MR) is 203 cm³/mol. The Labute approximate surface area is 317 Å². The third-order valence-electron chi connectivity index (χ3n) is 9.52. The molecule has 13 nitrogen and oxygen atoms in total. The number of likely N-dealkylation sites (N-methyl/N-ethyl adjacent to an activating group) is 1. The molecule has 0 radical (unpaired) electrons. The van der Waals surface area contributed by atoms with Crippen LogP contribution in [-0.2, 0) is 27.4 Å². The van der Waals surface area contributed by atoms with Crippen LogP contribution >= 0.6 is 11.6 Å². The molecule has 2 amide bonds. The maximum Gasteiger partial charge on any atom is 0.337 e. The second kappa shape index (κ2) is 16.8. The predicted octanol–water partition coefficient (Wildman–Crippen LogP) is 6.08. The van der Waals surface area contributed by atoms with E-state index in [-0.39, 0.29) is 65.4 Å². The number of aryl methyl sites for hydroxylation is 1. The van der Waals surface area contributed by atoms with Gasteiger partial charge < -0.3 is 30.0 Å². The average Bonchev–Trinajstić information content (AvgIpc) is 3.98. The van der Waals surface area contributed by atoms with Gasteiger partial charge in [-0.15, -0.1) is 0 Å². The molecule has 1 heterocycles. The van der Waals surface area contributed by atoms with Gasteiger partial charge in [-0.25, -0.2) is 4.79 Å². The van der Waals surface area contributed by atoms with Crippen LogP contribution in [0.15, 0.2) is 71.7 Å². The van der Waals surface area contributed by atoms with Gasteiger partial charge in [0.25, 0.3) is 5.56 Å². The molecule has 14 heteroatoms. The van der Waals surface area contributed by atoms with E-state index in [9.17, 15) is 34.3 Å². The number of nitriles is 1. The Balaban J connectivity index is 1.64. The van der Waals surface area contributed by atoms with Crippen molar-refractivity contribution < 1.29 is 33.8 Å². The molecule has 3 N–H and O–H groups in total. The minimum Gasteiger partial charge on any atom is -0.495 e. The standard InChI is InChI=1S/C40H40ClN5O8/c1-5-31(46-22-32(53-4)29(20-33(46)48)28-19-27(41)14-13-26(28)21-42)37(49)43-34-25(12-9-17-47)18-30(38(50)51)35(44-39(52)40(15-16-40)45(2)3)36(34)54-23-24-10-7-6-8-11-24/h6-8,10-11,13-14,17-20,22,31H,5,9,12,15-16,23H2,1-4H3,(H,43,49)(H,44,52)(H,50,51). The number of carbonyl (C=O) groups excluding carboxylic acids is 3. The highest BCUT2D eigenvalue weighted by Crippen LogP contribution is 2.45. The number of carboxylic acids is 1. The number of anilines is 2. The smallest absolute Gasteiger partial charge is 0.337 e. The van der Waals surface area contributed by atoms with Crippen LogP contribution in [0.1, 0.15) is 65.7 Å². The van der Waals surface area contributed by atoms with Gasteiger partial charge >= 0.3 is 5.97 Å². The van der Waals surface area contributed by atoms with Crippen LogP contribution in [0.2, 0.25) is 5.02 Å². The van der Waals surface area contributed by atoms with E-state index in [2.05, 4.69) is 16.7 Å². The van der Waals surface area contributed by atoms with Crippen molar-refractivity contribution in [1.82, 2.24) is 9.47 Å². The first-order valence-corrected chi connectivity index (χ1v) is 17.6. The van der Waals surface area contributed by atoms with Gasteiger partial charge in [0, 0.05) is 28.6 Å². The average molecular weight is 754 g/mol. The number of methoxy groups -OCH3 is 1. The van der Waals surface area contributed by atoms with Crippen LogP contribution in [0.5, 0.6) is 11.5 Å². The third kappa shape index (κ3) is 8.15. The summed E-state index contributed by atoms with van der Waals surface area (Å²) in [6, 6.07) is 17.2. The van der Waals surface area contributed by atoms with Gasteiger partial charge in [-0.3, -0.25) is 23.9 Å². The number of hydrogen-bond acceptors (Lipinski definition) is 9. The summed E-state index contributed by atoms with van der Waals surface area (Å²) in [7, 11) is 4.91. The molecule has 1 aliphatic carbocycles. The summed E-state index contributed by atoms with van der Waals surface area (Å²) in [5.74, 6) is -2.39. The van der Waals surface area contributed by atoms with Crippen molar-refractivity contribution in [2.24, 2.45) is 0 Å². The number of ether oxygens (including phenoxy) is 2. The Morgan fingerprint density at radius 1 is 1.07 bits per heavy atom. The van der Waals surface area contributed by atoms with Crippen LogP contribution < -0.4 is 25.7 Å². The largest absolute Gasteiger partial charge is 0.495 e. The van der Waals surface area contributed by atoms with Gasteiger partial charge in [0.05, 0.1) is 36.2 Å². The first-order valence-electron chi connectivity index (χ1n) is 17.2.